The molecule has 7 nitrogen and oxygen atoms in total. The van der Waals surface area contributed by atoms with E-state index in [4.69, 9.17) is 0 Å². The number of guanidine groups is 1. The van der Waals surface area contributed by atoms with Gasteiger partial charge in [0.2, 0.25) is 11.9 Å². The van der Waals surface area contributed by atoms with Crippen molar-refractivity contribution in [2.24, 2.45) is 10.1 Å². The summed E-state index contributed by atoms with van der Waals surface area (Å²) in [6, 6.07) is 7.66. The molecule has 1 aromatic carbocycles. The molecule has 1 amide bonds. The van der Waals surface area contributed by atoms with E-state index in [-0.39, 0.29) is 5.91 Å². The lowest BCUT2D eigenvalue weighted by molar-refractivity contribution is -0.117. The van der Waals surface area contributed by atoms with Gasteiger partial charge in [0.15, 0.2) is 0 Å². The molecule has 1 aliphatic rings. The van der Waals surface area contributed by atoms with E-state index in [0.717, 1.165) is 43.1 Å². The van der Waals surface area contributed by atoms with E-state index < -0.39 is 0 Å². The summed E-state index contributed by atoms with van der Waals surface area (Å²) in [5, 5.41) is 10.3. The number of rotatable bonds is 7. The molecule has 3 N–H and O–H groups in total. The van der Waals surface area contributed by atoms with Gasteiger partial charge in [-0.1, -0.05) is 26.0 Å². The molecule has 0 saturated heterocycles. The Bertz CT molecular complexity index is 604. The minimum atomic E-state index is 0.00354. The molecule has 130 valence electrons. The van der Waals surface area contributed by atoms with Gasteiger partial charge < -0.3 is 10.6 Å². The van der Waals surface area contributed by atoms with Gasteiger partial charge in [-0.3, -0.25) is 9.69 Å². The highest BCUT2D eigenvalue weighted by Gasteiger charge is 2.08. The zero-order chi connectivity index (χ0) is 17.4. The molecule has 1 aliphatic heterocycles. The first-order chi connectivity index (χ1) is 11.6. The maximum absolute atomic E-state index is 12.0. The van der Waals surface area contributed by atoms with Crippen molar-refractivity contribution >= 4 is 23.3 Å². The highest BCUT2D eigenvalue weighted by Crippen LogP contribution is 2.10. The van der Waals surface area contributed by atoms with E-state index in [0.29, 0.717) is 12.5 Å². The first-order valence-electron chi connectivity index (χ1n) is 8.33. The van der Waals surface area contributed by atoms with Gasteiger partial charge in [-0.2, -0.15) is 5.10 Å². The number of likely N-dealkylation sites (N-methyl/N-ethyl adjacent to an activating group) is 1. The molecule has 0 aromatic heterocycles. The van der Waals surface area contributed by atoms with Gasteiger partial charge in [0.25, 0.3) is 0 Å². The normalized spacial score (nSPS) is 14.3. The number of hydrazone groups is 1. The lowest BCUT2D eigenvalue weighted by Gasteiger charge is -2.17. The van der Waals surface area contributed by atoms with Crippen LogP contribution in [0.1, 0.15) is 26.3 Å². The van der Waals surface area contributed by atoms with Crippen molar-refractivity contribution in [2.75, 3.05) is 38.0 Å². The number of hydrogen-bond acceptors (Lipinski definition) is 6. The van der Waals surface area contributed by atoms with Crippen LogP contribution in [0.2, 0.25) is 0 Å². The van der Waals surface area contributed by atoms with Gasteiger partial charge in [-0.05, 0) is 37.7 Å². The van der Waals surface area contributed by atoms with Crippen LogP contribution < -0.4 is 16.1 Å². The average molecular weight is 330 g/mol. The summed E-state index contributed by atoms with van der Waals surface area (Å²) in [6.45, 7) is 9.79. The quantitative estimate of drug-likeness (QED) is 0.519. The summed E-state index contributed by atoms with van der Waals surface area (Å²) >= 11 is 0. The summed E-state index contributed by atoms with van der Waals surface area (Å²) < 4.78 is 0. The second-order valence-electron chi connectivity index (χ2n) is 5.55. The fourth-order valence-electron chi connectivity index (χ4n) is 2.32. The summed E-state index contributed by atoms with van der Waals surface area (Å²) in [7, 11) is 0. The third-order valence-corrected chi connectivity index (χ3v) is 3.85. The molecular formula is C17H26N6O. The van der Waals surface area contributed by atoms with E-state index in [2.05, 4.69) is 31.1 Å². The van der Waals surface area contributed by atoms with Crippen LogP contribution in [0.15, 0.2) is 34.4 Å². The Hall–Kier alpha value is -2.41. The van der Waals surface area contributed by atoms with Gasteiger partial charge in [0, 0.05) is 12.2 Å². The Morgan fingerprint density at radius 2 is 2.00 bits per heavy atom. The molecular weight excluding hydrogens is 304 g/mol. The van der Waals surface area contributed by atoms with Crippen LogP contribution in [0.4, 0.5) is 5.69 Å². The predicted octanol–water partition coefficient (Wildman–Crippen LogP) is 1.24. The first kappa shape index (κ1) is 17.9. The van der Waals surface area contributed by atoms with E-state index in [9.17, 15) is 4.79 Å². The number of anilines is 1. The minimum Gasteiger partial charge on any atom is -0.353 e. The lowest BCUT2D eigenvalue weighted by atomic mass is 10.1. The number of amides is 1. The Labute approximate surface area is 143 Å². The number of benzene rings is 1. The van der Waals surface area contributed by atoms with Crippen molar-refractivity contribution in [3.05, 3.63) is 29.8 Å². The molecule has 0 saturated carbocycles. The highest BCUT2D eigenvalue weighted by atomic mass is 16.2. The van der Waals surface area contributed by atoms with Crippen LogP contribution in [0.3, 0.4) is 0 Å². The highest BCUT2D eigenvalue weighted by molar-refractivity contribution is 6.00. The maximum Gasteiger partial charge on any atom is 0.238 e. The average Bonchev–Trinajstić information content (AvgIpc) is 3.11. The SMILES string of the molecule is CCN(CC)CC(=O)Nc1ccc(/C(C)=N\NC2=NCCN2)cc1. The van der Waals surface area contributed by atoms with Crippen molar-refractivity contribution in [1.82, 2.24) is 15.6 Å². The summed E-state index contributed by atoms with van der Waals surface area (Å²) in [4.78, 5) is 18.3. The zero-order valence-corrected chi connectivity index (χ0v) is 14.6. The van der Waals surface area contributed by atoms with Crippen LogP contribution in [-0.2, 0) is 4.79 Å². The van der Waals surface area contributed by atoms with Crippen molar-refractivity contribution in [2.45, 2.75) is 20.8 Å². The van der Waals surface area contributed by atoms with Crippen molar-refractivity contribution in [3.63, 3.8) is 0 Å². The van der Waals surface area contributed by atoms with Gasteiger partial charge >= 0.3 is 0 Å². The van der Waals surface area contributed by atoms with Gasteiger partial charge in [-0.15, -0.1) is 0 Å². The molecule has 0 radical (unpaired) electrons. The van der Waals surface area contributed by atoms with Crippen LogP contribution in [-0.4, -0.2) is 55.2 Å². The predicted molar refractivity (Wildman–Crippen MR) is 98.5 cm³/mol. The minimum absolute atomic E-state index is 0.00354. The molecule has 0 spiro atoms. The van der Waals surface area contributed by atoms with Crippen LogP contribution >= 0.6 is 0 Å². The molecule has 1 aromatic rings. The van der Waals surface area contributed by atoms with E-state index in [1.54, 1.807) is 0 Å². The van der Waals surface area contributed by atoms with Crippen molar-refractivity contribution < 1.29 is 4.79 Å². The third-order valence-electron chi connectivity index (χ3n) is 3.85. The fourth-order valence-corrected chi connectivity index (χ4v) is 2.32. The molecule has 1 heterocycles. The van der Waals surface area contributed by atoms with Gasteiger partial charge in [-0.25, -0.2) is 10.4 Å². The number of nitrogens with one attached hydrogen (secondary N) is 3. The number of hydrogen-bond donors (Lipinski definition) is 3. The van der Waals surface area contributed by atoms with E-state index >= 15 is 0 Å². The first-order valence-corrected chi connectivity index (χ1v) is 8.33. The fraction of sp³-hybridized carbons (Fsp3) is 0.471. The number of nitrogens with zero attached hydrogens (tertiary/aromatic N) is 3. The Morgan fingerprint density at radius 1 is 1.29 bits per heavy atom. The number of carbonyl (C=O) groups excluding carboxylic acids is 1. The Kier molecular flexibility index (Phi) is 6.74. The standard InChI is InChI=1S/C17H26N6O/c1-4-23(5-2)12-16(24)20-15-8-6-14(7-9-15)13(3)21-22-17-18-10-11-19-17/h6-9H,4-5,10-12H2,1-3H3,(H,20,24)(H2,18,19,22)/b21-13-. The molecule has 0 atom stereocenters. The Balaban J connectivity index is 1.89. The molecule has 0 bridgehead atoms. The van der Waals surface area contributed by atoms with E-state index in [1.165, 1.54) is 0 Å². The summed E-state index contributed by atoms with van der Waals surface area (Å²) in [5.41, 5.74) is 5.55. The summed E-state index contributed by atoms with van der Waals surface area (Å²) in [6.07, 6.45) is 0. The maximum atomic E-state index is 12.0. The molecule has 24 heavy (non-hydrogen) atoms. The lowest BCUT2D eigenvalue weighted by Crippen LogP contribution is -2.32. The Morgan fingerprint density at radius 3 is 2.58 bits per heavy atom. The molecule has 7 heteroatoms. The second-order valence-corrected chi connectivity index (χ2v) is 5.55. The van der Waals surface area contributed by atoms with Crippen LogP contribution in [0.25, 0.3) is 0 Å². The topological polar surface area (TPSA) is 81.1 Å². The van der Waals surface area contributed by atoms with E-state index in [1.807, 2.05) is 45.0 Å². The van der Waals surface area contributed by atoms with Gasteiger partial charge in [0.05, 0.1) is 18.8 Å². The molecule has 2 rings (SSSR count). The molecule has 0 unspecified atom stereocenters. The largest absolute Gasteiger partial charge is 0.353 e. The third kappa shape index (κ3) is 5.34. The number of carbonyl (C=O) groups is 1. The zero-order valence-electron chi connectivity index (χ0n) is 14.6. The smallest absolute Gasteiger partial charge is 0.238 e. The van der Waals surface area contributed by atoms with Crippen molar-refractivity contribution in [1.29, 1.82) is 0 Å². The molecule has 0 fully saturated rings. The van der Waals surface area contributed by atoms with Crippen LogP contribution in [0.5, 0.6) is 0 Å². The van der Waals surface area contributed by atoms with Crippen LogP contribution in [0, 0.1) is 0 Å². The van der Waals surface area contributed by atoms with Gasteiger partial charge in [0.1, 0.15) is 0 Å². The monoisotopic (exact) mass is 330 g/mol. The van der Waals surface area contributed by atoms with Crippen molar-refractivity contribution in [3.8, 4) is 0 Å². The second kappa shape index (κ2) is 9.02. The number of aliphatic imine (C=N–C) groups is 1. The summed E-state index contributed by atoms with van der Waals surface area (Å²) in [5.74, 6) is 0.707. The molecule has 0 aliphatic carbocycles.